The molecule has 1 aromatic carbocycles. The van der Waals surface area contributed by atoms with Gasteiger partial charge in [-0.05, 0) is 38.1 Å². The molecule has 1 saturated heterocycles. The van der Waals surface area contributed by atoms with Gasteiger partial charge in [0.25, 0.3) is 5.91 Å². The molecule has 1 aromatic rings. The first-order valence-corrected chi connectivity index (χ1v) is 8.35. The Balaban J connectivity index is 2.21. The lowest BCUT2D eigenvalue weighted by atomic mass is 10.1. The van der Waals surface area contributed by atoms with Gasteiger partial charge in [0.05, 0.1) is 10.8 Å². The third-order valence-electron chi connectivity index (χ3n) is 3.72. The topological polar surface area (TPSA) is 90.3 Å². The SMILES string of the molecule is CNS(=O)(=O)C1CCCN(C(=O)c2ccc(F)c(C#N)c2)C1. The number of piperidine rings is 1. The highest BCUT2D eigenvalue weighted by Crippen LogP contribution is 2.19. The lowest BCUT2D eigenvalue weighted by Crippen LogP contribution is -2.47. The van der Waals surface area contributed by atoms with E-state index in [4.69, 9.17) is 5.26 Å². The molecule has 1 heterocycles. The number of hydrogen-bond donors (Lipinski definition) is 1. The summed E-state index contributed by atoms with van der Waals surface area (Å²) in [6.45, 7) is 0.523. The molecular weight excluding hydrogens is 309 g/mol. The van der Waals surface area contributed by atoms with E-state index in [9.17, 15) is 17.6 Å². The van der Waals surface area contributed by atoms with E-state index in [-0.39, 0.29) is 17.7 Å². The van der Waals surface area contributed by atoms with Gasteiger partial charge in [0.1, 0.15) is 11.9 Å². The Morgan fingerprint density at radius 1 is 1.50 bits per heavy atom. The normalized spacial score (nSPS) is 18.8. The summed E-state index contributed by atoms with van der Waals surface area (Å²) in [6, 6.07) is 5.24. The fraction of sp³-hybridized carbons (Fsp3) is 0.429. The van der Waals surface area contributed by atoms with Gasteiger partial charge in [-0.25, -0.2) is 17.5 Å². The van der Waals surface area contributed by atoms with Gasteiger partial charge in [0.15, 0.2) is 0 Å². The first kappa shape index (κ1) is 16.4. The minimum atomic E-state index is -3.45. The van der Waals surface area contributed by atoms with Crippen molar-refractivity contribution in [3.63, 3.8) is 0 Å². The molecule has 1 atom stereocenters. The predicted octanol–water partition coefficient (Wildman–Crippen LogP) is 0.851. The fourth-order valence-electron chi connectivity index (χ4n) is 2.47. The van der Waals surface area contributed by atoms with Crippen molar-refractivity contribution in [3.05, 3.63) is 35.1 Å². The number of nitrogens with one attached hydrogen (secondary N) is 1. The van der Waals surface area contributed by atoms with Crippen molar-refractivity contribution >= 4 is 15.9 Å². The molecule has 0 aromatic heterocycles. The zero-order valence-corrected chi connectivity index (χ0v) is 12.9. The number of carbonyl (C=O) groups is 1. The quantitative estimate of drug-likeness (QED) is 0.892. The molecule has 22 heavy (non-hydrogen) atoms. The van der Waals surface area contributed by atoms with Crippen molar-refractivity contribution in [1.29, 1.82) is 5.26 Å². The lowest BCUT2D eigenvalue weighted by molar-refractivity contribution is 0.0726. The summed E-state index contributed by atoms with van der Waals surface area (Å²) in [6.07, 6.45) is 1.06. The number of nitrogens with zero attached hydrogens (tertiary/aromatic N) is 2. The highest BCUT2D eigenvalue weighted by molar-refractivity contribution is 7.90. The molecule has 1 unspecified atom stereocenters. The molecule has 1 amide bonds. The van der Waals surface area contributed by atoms with Gasteiger partial charge in [-0.15, -0.1) is 0 Å². The maximum atomic E-state index is 13.3. The average Bonchev–Trinajstić information content (AvgIpc) is 2.54. The Hall–Kier alpha value is -1.98. The number of hydrogen-bond acceptors (Lipinski definition) is 4. The Morgan fingerprint density at radius 2 is 2.23 bits per heavy atom. The van der Waals surface area contributed by atoms with E-state index in [1.54, 1.807) is 6.07 Å². The largest absolute Gasteiger partial charge is 0.337 e. The maximum Gasteiger partial charge on any atom is 0.253 e. The molecule has 0 radical (unpaired) electrons. The number of benzene rings is 1. The van der Waals surface area contributed by atoms with Crippen molar-refractivity contribution in [2.75, 3.05) is 20.1 Å². The van der Waals surface area contributed by atoms with Crippen molar-refractivity contribution in [3.8, 4) is 6.07 Å². The zero-order chi connectivity index (χ0) is 16.3. The molecule has 1 aliphatic heterocycles. The first-order valence-electron chi connectivity index (χ1n) is 6.80. The van der Waals surface area contributed by atoms with Crippen LogP contribution in [0.5, 0.6) is 0 Å². The average molecular weight is 325 g/mol. The van der Waals surface area contributed by atoms with Crippen LogP contribution in [0.1, 0.15) is 28.8 Å². The molecule has 118 valence electrons. The van der Waals surface area contributed by atoms with Crippen molar-refractivity contribution in [2.45, 2.75) is 18.1 Å². The number of sulfonamides is 1. The van der Waals surface area contributed by atoms with Crippen LogP contribution in [0.3, 0.4) is 0 Å². The van der Waals surface area contributed by atoms with E-state index in [1.165, 1.54) is 24.1 Å². The molecule has 0 bridgehead atoms. The molecule has 0 aliphatic carbocycles. The van der Waals surface area contributed by atoms with Gasteiger partial charge >= 0.3 is 0 Å². The number of amides is 1. The van der Waals surface area contributed by atoms with Crippen molar-refractivity contribution in [1.82, 2.24) is 9.62 Å². The summed E-state index contributed by atoms with van der Waals surface area (Å²) in [7, 11) is -2.10. The minimum Gasteiger partial charge on any atom is -0.337 e. The van der Waals surface area contributed by atoms with Gasteiger partial charge in [0, 0.05) is 18.7 Å². The summed E-state index contributed by atoms with van der Waals surface area (Å²) in [5.74, 6) is -1.08. The summed E-state index contributed by atoms with van der Waals surface area (Å²) in [5.41, 5.74) is -0.0253. The zero-order valence-electron chi connectivity index (χ0n) is 12.0. The Kier molecular flexibility index (Phi) is 4.78. The monoisotopic (exact) mass is 325 g/mol. The number of halogens is 1. The van der Waals surface area contributed by atoms with Gasteiger partial charge in [-0.1, -0.05) is 0 Å². The van der Waals surface area contributed by atoms with Gasteiger partial charge in [-0.2, -0.15) is 5.26 Å². The van der Waals surface area contributed by atoms with Crippen LogP contribution in [0.2, 0.25) is 0 Å². The van der Waals surface area contributed by atoms with Gasteiger partial charge in [-0.3, -0.25) is 4.79 Å². The molecule has 1 N–H and O–H groups in total. The molecular formula is C14H16FN3O3S. The molecule has 0 spiro atoms. The second-order valence-corrected chi connectivity index (χ2v) is 7.24. The molecule has 1 fully saturated rings. The number of likely N-dealkylation sites (tertiary alicyclic amines) is 1. The number of nitriles is 1. The van der Waals surface area contributed by atoms with Gasteiger partial charge in [0.2, 0.25) is 10.0 Å². The summed E-state index contributed by atoms with van der Waals surface area (Å²) >= 11 is 0. The molecule has 2 rings (SSSR count). The van der Waals surface area contributed by atoms with Gasteiger partial charge < -0.3 is 4.90 Å². The standard InChI is InChI=1S/C14H16FN3O3S/c1-17-22(20,21)12-3-2-6-18(9-12)14(19)10-4-5-13(15)11(7-10)8-16/h4-5,7,12,17H,2-3,6,9H2,1H3. The fourth-order valence-corrected chi connectivity index (χ4v) is 3.66. The first-order chi connectivity index (χ1) is 10.4. The van der Waals surface area contributed by atoms with Crippen LogP contribution in [-0.4, -0.2) is 44.6 Å². The molecule has 8 heteroatoms. The third kappa shape index (κ3) is 3.26. The van der Waals surface area contributed by atoms with Crippen molar-refractivity contribution < 1.29 is 17.6 Å². The van der Waals surface area contributed by atoms with E-state index in [2.05, 4.69) is 4.72 Å². The van der Waals surface area contributed by atoms with E-state index in [0.29, 0.717) is 19.4 Å². The molecule has 6 nitrogen and oxygen atoms in total. The summed E-state index contributed by atoms with van der Waals surface area (Å²) in [4.78, 5) is 13.8. The van der Waals surface area contributed by atoms with E-state index in [0.717, 1.165) is 6.07 Å². The highest BCUT2D eigenvalue weighted by atomic mass is 32.2. The second-order valence-electron chi connectivity index (χ2n) is 5.07. The van der Waals surface area contributed by atoms with Crippen LogP contribution in [0.4, 0.5) is 4.39 Å². The second kappa shape index (κ2) is 6.42. The van der Waals surface area contributed by atoms with Crippen LogP contribution >= 0.6 is 0 Å². The molecule has 1 aliphatic rings. The van der Waals surface area contributed by atoms with Crippen LogP contribution < -0.4 is 4.72 Å². The summed E-state index contributed by atoms with van der Waals surface area (Å²) in [5, 5.41) is 8.15. The van der Waals surface area contributed by atoms with Crippen LogP contribution in [0.25, 0.3) is 0 Å². The van der Waals surface area contributed by atoms with Crippen LogP contribution in [-0.2, 0) is 10.0 Å². The van der Waals surface area contributed by atoms with Crippen LogP contribution in [0, 0.1) is 17.1 Å². The minimum absolute atomic E-state index is 0.0846. The number of rotatable bonds is 3. The molecule has 0 saturated carbocycles. The Labute approximate surface area is 128 Å². The Morgan fingerprint density at radius 3 is 2.86 bits per heavy atom. The van der Waals surface area contributed by atoms with Crippen molar-refractivity contribution in [2.24, 2.45) is 0 Å². The maximum absolute atomic E-state index is 13.3. The lowest BCUT2D eigenvalue weighted by Gasteiger charge is -2.32. The van der Waals surface area contributed by atoms with E-state index >= 15 is 0 Å². The van der Waals surface area contributed by atoms with E-state index < -0.39 is 27.0 Å². The number of carbonyl (C=O) groups excluding carboxylic acids is 1. The highest BCUT2D eigenvalue weighted by Gasteiger charge is 2.32. The van der Waals surface area contributed by atoms with Crippen LogP contribution in [0.15, 0.2) is 18.2 Å². The third-order valence-corrected chi connectivity index (χ3v) is 5.55. The smallest absolute Gasteiger partial charge is 0.253 e. The summed E-state index contributed by atoms with van der Waals surface area (Å²) < 4.78 is 39.3. The Bertz CT molecular complexity index is 727. The predicted molar refractivity (Wildman–Crippen MR) is 78.0 cm³/mol. The van der Waals surface area contributed by atoms with E-state index in [1.807, 2.05) is 0 Å².